The molecule has 1 heterocycles. The molecule has 2 aromatic carbocycles. The number of amides is 1. The molecule has 0 bridgehead atoms. The summed E-state index contributed by atoms with van der Waals surface area (Å²) in [7, 11) is 1.90. The lowest BCUT2D eigenvalue weighted by molar-refractivity contribution is -0.117. The van der Waals surface area contributed by atoms with Gasteiger partial charge >= 0.3 is 0 Å². The number of carbonyl (C=O) groups excluding carboxylic acids is 1. The molecule has 0 aliphatic carbocycles. The van der Waals surface area contributed by atoms with Crippen molar-refractivity contribution in [1.29, 1.82) is 0 Å². The molecule has 0 fully saturated rings. The van der Waals surface area contributed by atoms with Gasteiger partial charge in [0.15, 0.2) is 11.5 Å². The van der Waals surface area contributed by atoms with Crippen LogP contribution in [-0.4, -0.2) is 50.8 Å². The van der Waals surface area contributed by atoms with Crippen molar-refractivity contribution in [3.63, 3.8) is 0 Å². The van der Waals surface area contributed by atoms with Gasteiger partial charge in [0.05, 0.1) is 19.8 Å². The average Bonchev–Trinajstić information content (AvgIpc) is 2.86. The lowest BCUT2D eigenvalue weighted by Gasteiger charge is -2.17. The summed E-state index contributed by atoms with van der Waals surface area (Å²) in [5, 5.41) is 2.90. The van der Waals surface area contributed by atoms with Crippen molar-refractivity contribution in [3.8, 4) is 17.2 Å². The first-order chi connectivity index (χ1) is 13.1. The van der Waals surface area contributed by atoms with Gasteiger partial charge in [-0.3, -0.25) is 9.69 Å². The molecule has 6 heteroatoms. The number of nitrogens with one attached hydrogen (secondary N) is 1. The fourth-order valence-corrected chi connectivity index (χ4v) is 2.79. The molecule has 6 nitrogen and oxygen atoms in total. The number of likely N-dealkylation sites (N-methyl/N-ethyl adjacent to an activating group) is 1. The average molecular weight is 370 g/mol. The number of nitrogens with zero attached hydrogens (tertiary/aromatic N) is 1. The second-order valence-electron chi connectivity index (χ2n) is 6.66. The van der Waals surface area contributed by atoms with Gasteiger partial charge < -0.3 is 19.5 Å². The van der Waals surface area contributed by atoms with Gasteiger partial charge in [-0.2, -0.15) is 0 Å². The van der Waals surface area contributed by atoms with Gasteiger partial charge in [-0.1, -0.05) is 12.1 Å². The first-order valence-electron chi connectivity index (χ1n) is 9.18. The minimum Gasteiger partial charge on any atom is -0.492 e. The molecule has 0 saturated carbocycles. The highest BCUT2D eigenvalue weighted by molar-refractivity contribution is 5.92. The van der Waals surface area contributed by atoms with E-state index in [1.165, 1.54) is 0 Å². The van der Waals surface area contributed by atoms with Crippen LogP contribution >= 0.6 is 0 Å². The maximum absolute atomic E-state index is 12.3. The first kappa shape index (κ1) is 19.0. The fourth-order valence-electron chi connectivity index (χ4n) is 2.79. The van der Waals surface area contributed by atoms with Crippen molar-refractivity contribution in [1.82, 2.24) is 4.90 Å². The summed E-state index contributed by atoms with van der Waals surface area (Å²) < 4.78 is 17.0. The van der Waals surface area contributed by atoms with Crippen molar-refractivity contribution in [2.24, 2.45) is 0 Å². The Bertz CT molecular complexity index is 779. The number of fused-ring (bicyclic) bond motifs is 1. The summed E-state index contributed by atoms with van der Waals surface area (Å²) in [6.45, 7) is 4.76. The Morgan fingerprint density at radius 2 is 1.96 bits per heavy atom. The molecule has 0 aromatic heterocycles. The summed E-state index contributed by atoms with van der Waals surface area (Å²) >= 11 is 0. The molecule has 27 heavy (non-hydrogen) atoms. The third-order valence-corrected chi connectivity index (χ3v) is 4.18. The number of benzene rings is 2. The molecule has 0 radical (unpaired) electrons. The van der Waals surface area contributed by atoms with E-state index >= 15 is 0 Å². The predicted molar refractivity (Wildman–Crippen MR) is 105 cm³/mol. The molecular weight excluding hydrogens is 344 g/mol. The summed E-state index contributed by atoms with van der Waals surface area (Å²) in [5.41, 5.74) is 1.86. The van der Waals surface area contributed by atoms with Crippen LogP contribution in [0.5, 0.6) is 17.2 Å². The fraction of sp³-hybridized carbons (Fsp3) is 0.381. The molecule has 3 rings (SSSR count). The second-order valence-corrected chi connectivity index (χ2v) is 6.66. The highest BCUT2D eigenvalue weighted by atomic mass is 16.5. The van der Waals surface area contributed by atoms with E-state index in [1.807, 2.05) is 55.3 Å². The Balaban J connectivity index is 1.44. The first-order valence-corrected chi connectivity index (χ1v) is 9.18. The Morgan fingerprint density at radius 1 is 1.15 bits per heavy atom. The van der Waals surface area contributed by atoms with Crippen LogP contribution in [0.15, 0.2) is 42.5 Å². The van der Waals surface area contributed by atoms with Crippen LogP contribution in [0.25, 0.3) is 0 Å². The molecule has 0 saturated heterocycles. The van der Waals surface area contributed by atoms with Crippen molar-refractivity contribution in [2.45, 2.75) is 13.3 Å². The van der Waals surface area contributed by atoms with E-state index in [0.717, 1.165) is 23.5 Å². The van der Waals surface area contributed by atoms with E-state index in [-0.39, 0.29) is 12.5 Å². The number of aryl methyl sites for hydroxylation is 1. The zero-order valence-electron chi connectivity index (χ0n) is 15.9. The zero-order valence-corrected chi connectivity index (χ0v) is 15.9. The van der Waals surface area contributed by atoms with E-state index in [2.05, 4.69) is 5.32 Å². The molecule has 0 spiro atoms. The monoisotopic (exact) mass is 370 g/mol. The van der Waals surface area contributed by atoms with E-state index in [9.17, 15) is 4.79 Å². The summed E-state index contributed by atoms with van der Waals surface area (Å²) in [4.78, 5) is 14.2. The van der Waals surface area contributed by atoms with E-state index < -0.39 is 0 Å². The smallest absolute Gasteiger partial charge is 0.238 e. The highest BCUT2D eigenvalue weighted by Gasteiger charge is 2.13. The van der Waals surface area contributed by atoms with Gasteiger partial charge in [0, 0.05) is 24.7 Å². The van der Waals surface area contributed by atoms with Crippen molar-refractivity contribution >= 4 is 11.6 Å². The van der Waals surface area contributed by atoms with Crippen LogP contribution in [0.1, 0.15) is 12.0 Å². The third-order valence-electron chi connectivity index (χ3n) is 4.18. The Kier molecular flexibility index (Phi) is 6.54. The van der Waals surface area contributed by atoms with Gasteiger partial charge in [0.25, 0.3) is 0 Å². The molecule has 144 valence electrons. The topological polar surface area (TPSA) is 60.0 Å². The molecule has 1 amide bonds. The van der Waals surface area contributed by atoms with Crippen LogP contribution < -0.4 is 19.5 Å². The SMILES string of the molecule is Cc1cccc(OCCN(C)CC(=O)Nc2ccc3c(c2)OCCCO3)c1. The molecule has 1 aliphatic heterocycles. The molecule has 0 atom stereocenters. The van der Waals surface area contributed by atoms with Gasteiger partial charge in [0.2, 0.25) is 5.91 Å². The molecule has 1 aliphatic rings. The maximum atomic E-state index is 12.3. The minimum absolute atomic E-state index is 0.0810. The van der Waals surface area contributed by atoms with Gasteiger partial charge in [-0.05, 0) is 43.8 Å². The number of hydrogen-bond acceptors (Lipinski definition) is 5. The van der Waals surface area contributed by atoms with E-state index in [4.69, 9.17) is 14.2 Å². The number of carbonyl (C=O) groups is 1. The number of hydrogen-bond donors (Lipinski definition) is 1. The van der Waals surface area contributed by atoms with Gasteiger partial charge in [-0.25, -0.2) is 0 Å². The van der Waals surface area contributed by atoms with Crippen molar-refractivity contribution in [2.75, 3.05) is 45.3 Å². The quantitative estimate of drug-likeness (QED) is 0.812. The number of rotatable bonds is 7. The lowest BCUT2D eigenvalue weighted by Crippen LogP contribution is -2.33. The normalized spacial score (nSPS) is 13.1. The summed E-state index contributed by atoms with van der Waals surface area (Å²) in [6.07, 6.45) is 0.853. The van der Waals surface area contributed by atoms with Crippen molar-refractivity contribution < 1.29 is 19.0 Å². The van der Waals surface area contributed by atoms with Crippen LogP contribution in [0.2, 0.25) is 0 Å². The maximum Gasteiger partial charge on any atom is 0.238 e. The van der Waals surface area contributed by atoms with Crippen LogP contribution in [0.4, 0.5) is 5.69 Å². The molecule has 0 unspecified atom stereocenters. The Hall–Kier alpha value is -2.73. The van der Waals surface area contributed by atoms with Crippen LogP contribution in [0.3, 0.4) is 0 Å². The van der Waals surface area contributed by atoms with Crippen LogP contribution in [-0.2, 0) is 4.79 Å². The largest absolute Gasteiger partial charge is 0.492 e. The molecular formula is C21H26N2O4. The molecule has 1 N–H and O–H groups in total. The summed E-state index contributed by atoms with van der Waals surface area (Å²) in [6, 6.07) is 13.4. The van der Waals surface area contributed by atoms with E-state index in [0.29, 0.717) is 37.8 Å². The summed E-state index contributed by atoms with van der Waals surface area (Å²) in [5.74, 6) is 2.16. The Morgan fingerprint density at radius 3 is 2.78 bits per heavy atom. The van der Waals surface area contributed by atoms with Crippen molar-refractivity contribution in [3.05, 3.63) is 48.0 Å². The van der Waals surface area contributed by atoms with E-state index in [1.54, 1.807) is 6.07 Å². The standard InChI is InChI=1S/C21H26N2O4/c1-16-5-3-6-18(13-16)25-12-9-23(2)15-21(24)22-17-7-8-19-20(14-17)27-11-4-10-26-19/h3,5-8,13-14H,4,9-12,15H2,1-2H3,(H,22,24). The van der Waals surface area contributed by atoms with Gasteiger partial charge in [0.1, 0.15) is 12.4 Å². The third kappa shape index (κ3) is 5.89. The Labute approximate surface area is 160 Å². The minimum atomic E-state index is -0.0810. The lowest BCUT2D eigenvalue weighted by atomic mass is 10.2. The highest BCUT2D eigenvalue weighted by Crippen LogP contribution is 2.32. The number of ether oxygens (including phenoxy) is 3. The zero-order chi connectivity index (χ0) is 19.1. The predicted octanol–water partition coefficient (Wildman–Crippen LogP) is 3.11. The molecule has 2 aromatic rings. The van der Waals surface area contributed by atoms with Crippen LogP contribution in [0, 0.1) is 6.92 Å². The number of anilines is 1. The second kappa shape index (κ2) is 9.28. The van der Waals surface area contributed by atoms with Gasteiger partial charge in [-0.15, -0.1) is 0 Å².